The molecule has 0 spiro atoms. The summed E-state index contributed by atoms with van der Waals surface area (Å²) in [6.45, 7) is 0. The van der Waals surface area contributed by atoms with Gasteiger partial charge in [-0.3, -0.25) is 0 Å². The number of nitrogen functional groups attached to an aromatic ring is 1. The van der Waals surface area contributed by atoms with E-state index in [0.717, 1.165) is 12.1 Å². The van der Waals surface area contributed by atoms with E-state index in [0.29, 0.717) is 15.8 Å². The normalized spacial score (nSPS) is 10.4. The van der Waals surface area contributed by atoms with Crippen molar-refractivity contribution in [2.75, 3.05) is 11.1 Å². The van der Waals surface area contributed by atoms with Crippen LogP contribution in [0.25, 0.3) is 0 Å². The van der Waals surface area contributed by atoms with Crippen LogP contribution in [0.4, 0.5) is 25.8 Å². The van der Waals surface area contributed by atoms with Crippen LogP contribution < -0.4 is 11.1 Å². The van der Waals surface area contributed by atoms with Crippen molar-refractivity contribution in [3.63, 3.8) is 0 Å². The van der Waals surface area contributed by atoms with E-state index >= 15 is 0 Å². The Morgan fingerprint density at radius 3 is 2.28 bits per heavy atom. The molecule has 2 aromatic carbocycles. The second kappa shape index (κ2) is 5.24. The number of rotatable bonds is 2. The third-order valence-electron chi connectivity index (χ3n) is 2.27. The molecule has 3 N–H and O–H groups in total. The number of hydrogen-bond donors (Lipinski definition) is 2. The summed E-state index contributed by atoms with van der Waals surface area (Å²) in [7, 11) is 0. The number of benzene rings is 2. The van der Waals surface area contributed by atoms with Crippen LogP contribution in [0.5, 0.6) is 0 Å². The van der Waals surface area contributed by atoms with E-state index in [9.17, 15) is 8.78 Å². The second-order valence-electron chi connectivity index (χ2n) is 3.61. The molecule has 0 saturated carbocycles. The maximum absolute atomic E-state index is 13.6. The van der Waals surface area contributed by atoms with Crippen molar-refractivity contribution in [2.45, 2.75) is 0 Å². The Morgan fingerprint density at radius 1 is 0.889 bits per heavy atom. The summed E-state index contributed by atoms with van der Waals surface area (Å²) in [4.78, 5) is 0. The van der Waals surface area contributed by atoms with Crippen LogP contribution in [0.15, 0.2) is 39.3 Å². The highest BCUT2D eigenvalue weighted by molar-refractivity contribution is 9.10. The van der Waals surface area contributed by atoms with E-state index in [1.54, 1.807) is 18.2 Å². The van der Waals surface area contributed by atoms with E-state index in [1.807, 2.05) is 0 Å². The van der Waals surface area contributed by atoms with Crippen molar-refractivity contribution in [3.8, 4) is 0 Å². The Labute approximate surface area is 119 Å². The first-order valence-corrected chi connectivity index (χ1v) is 6.52. The van der Waals surface area contributed by atoms with Gasteiger partial charge in [0.05, 0.1) is 15.8 Å². The van der Waals surface area contributed by atoms with Crippen LogP contribution in [0.2, 0.25) is 0 Å². The summed E-state index contributed by atoms with van der Waals surface area (Å²) in [6.07, 6.45) is 0. The molecule has 0 amide bonds. The molecule has 0 unspecified atom stereocenters. The van der Waals surface area contributed by atoms with Gasteiger partial charge in [0.15, 0.2) is 0 Å². The molecular formula is C12H8Br2F2N2. The molecule has 94 valence electrons. The third kappa shape index (κ3) is 2.81. The molecule has 0 heterocycles. The van der Waals surface area contributed by atoms with Crippen LogP contribution >= 0.6 is 31.9 Å². The molecule has 0 bridgehead atoms. The van der Waals surface area contributed by atoms with Gasteiger partial charge in [-0.15, -0.1) is 0 Å². The van der Waals surface area contributed by atoms with E-state index in [4.69, 9.17) is 5.73 Å². The molecular weight excluding hydrogens is 370 g/mol. The van der Waals surface area contributed by atoms with E-state index in [1.165, 1.54) is 0 Å². The molecule has 0 aliphatic rings. The highest BCUT2D eigenvalue weighted by Crippen LogP contribution is 2.30. The monoisotopic (exact) mass is 376 g/mol. The molecule has 2 rings (SSSR count). The van der Waals surface area contributed by atoms with Gasteiger partial charge in [-0.1, -0.05) is 0 Å². The average molecular weight is 378 g/mol. The van der Waals surface area contributed by atoms with E-state index in [-0.39, 0.29) is 10.2 Å². The van der Waals surface area contributed by atoms with E-state index < -0.39 is 11.6 Å². The first-order chi connectivity index (χ1) is 8.47. The van der Waals surface area contributed by atoms with Gasteiger partial charge in [0.2, 0.25) is 0 Å². The first-order valence-electron chi connectivity index (χ1n) is 4.94. The fourth-order valence-corrected chi connectivity index (χ4v) is 2.21. The van der Waals surface area contributed by atoms with Gasteiger partial charge in [-0.25, -0.2) is 8.78 Å². The zero-order valence-corrected chi connectivity index (χ0v) is 12.1. The van der Waals surface area contributed by atoms with Crippen molar-refractivity contribution >= 4 is 48.9 Å². The van der Waals surface area contributed by atoms with E-state index in [2.05, 4.69) is 37.2 Å². The lowest BCUT2D eigenvalue weighted by atomic mass is 10.2. The lowest BCUT2D eigenvalue weighted by Crippen LogP contribution is -1.97. The van der Waals surface area contributed by atoms with Gasteiger partial charge in [0.25, 0.3) is 0 Å². The third-order valence-corrected chi connectivity index (χ3v) is 3.54. The van der Waals surface area contributed by atoms with Crippen molar-refractivity contribution < 1.29 is 8.78 Å². The van der Waals surface area contributed by atoms with Crippen LogP contribution in [0.1, 0.15) is 0 Å². The minimum atomic E-state index is -0.549. The lowest BCUT2D eigenvalue weighted by molar-refractivity contribution is 0.598. The number of anilines is 3. The number of hydrogen-bond acceptors (Lipinski definition) is 2. The van der Waals surface area contributed by atoms with Gasteiger partial charge in [0.1, 0.15) is 11.6 Å². The second-order valence-corrected chi connectivity index (χ2v) is 5.32. The predicted molar refractivity (Wildman–Crippen MR) is 75.9 cm³/mol. The Hall–Kier alpha value is -1.14. The number of nitrogens with two attached hydrogens (primary N) is 1. The average Bonchev–Trinajstić information content (AvgIpc) is 2.29. The molecule has 0 saturated heterocycles. The molecule has 0 radical (unpaired) electrons. The van der Waals surface area contributed by atoms with Crippen molar-refractivity contribution in [3.05, 3.63) is 50.9 Å². The molecule has 2 aromatic rings. The number of halogens is 4. The Bertz CT molecular complexity index is 603. The van der Waals surface area contributed by atoms with Gasteiger partial charge in [-0.05, 0) is 56.1 Å². The summed E-state index contributed by atoms with van der Waals surface area (Å²) in [5.41, 5.74) is 6.83. The zero-order valence-electron chi connectivity index (χ0n) is 8.98. The topological polar surface area (TPSA) is 38.0 Å². The molecule has 2 nitrogen and oxygen atoms in total. The summed E-state index contributed by atoms with van der Waals surface area (Å²) >= 11 is 6.22. The fraction of sp³-hybridized carbons (Fsp3) is 0. The maximum atomic E-state index is 13.6. The van der Waals surface area contributed by atoms with Gasteiger partial charge in [-0.2, -0.15) is 0 Å². The number of nitrogens with one attached hydrogen (secondary N) is 1. The minimum Gasteiger partial charge on any atom is -0.399 e. The van der Waals surface area contributed by atoms with Gasteiger partial charge in [0, 0.05) is 16.2 Å². The fourth-order valence-electron chi connectivity index (χ4n) is 1.40. The predicted octanol–water partition coefficient (Wildman–Crippen LogP) is 4.82. The summed E-state index contributed by atoms with van der Waals surface area (Å²) < 4.78 is 27.7. The van der Waals surface area contributed by atoms with Gasteiger partial charge < -0.3 is 11.1 Å². The smallest absolute Gasteiger partial charge is 0.147 e. The molecule has 0 aliphatic heterocycles. The maximum Gasteiger partial charge on any atom is 0.147 e. The SMILES string of the molecule is Nc1ccc(Nc2cc(F)c(Br)cc2F)c(Br)c1. The molecule has 0 fully saturated rings. The Kier molecular flexibility index (Phi) is 3.87. The quantitative estimate of drug-likeness (QED) is 0.581. The molecule has 6 heteroatoms. The van der Waals surface area contributed by atoms with Crippen LogP contribution in [0, 0.1) is 11.6 Å². The van der Waals surface area contributed by atoms with Crippen molar-refractivity contribution in [1.82, 2.24) is 0 Å². The highest BCUT2D eigenvalue weighted by Gasteiger charge is 2.09. The summed E-state index contributed by atoms with van der Waals surface area (Å²) in [6, 6.07) is 7.18. The highest BCUT2D eigenvalue weighted by atomic mass is 79.9. The summed E-state index contributed by atoms with van der Waals surface area (Å²) in [5, 5.41) is 2.80. The molecule has 0 atom stereocenters. The molecule has 18 heavy (non-hydrogen) atoms. The van der Waals surface area contributed by atoms with Crippen molar-refractivity contribution in [1.29, 1.82) is 0 Å². The van der Waals surface area contributed by atoms with Crippen LogP contribution in [-0.2, 0) is 0 Å². The lowest BCUT2D eigenvalue weighted by Gasteiger charge is -2.10. The van der Waals surface area contributed by atoms with Crippen LogP contribution in [0.3, 0.4) is 0 Å². The Morgan fingerprint density at radius 2 is 1.61 bits per heavy atom. The summed E-state index contributed by atoms with van der Waals surface area (Å²) in [5.74, 6) is -1.09. The minimum absolute atomic E-state index is 0.0566. The standard InChI is InChI=1S/C12H8Br2F2N2/c13-7-4-10(16)12(5-9(7)15)18-11-2-1-6(17)3-8(11)14/h1-5,18H,17H2. The molecule has 0 aromatic heterocycles. The largest absolute Gasteiger partial charge is 0.399 e. The molecule has 0 aliphatic carbocycles. The first kappa shape index (κ1) is 13.3. The zero-order chi connectivity index (χ0) is 13.3. The van der Waals surface area contributed by atoms with Crippen molar-refractivity contribution in [2.24, 2.45) is 0 Å². The van der Waals surface area contributed by atoms with Gasteiger partial charge >= 0.3 is 0 Å². The van der Waals surface area contributed by atoms with Crippen LogP contribution in [-0.4, -0.2) is 0 Å². The Balaban J connectivity index is 2.37.